The number of para-hydroxylation sites is 5. The summed E-state index contributed by atoms with van der Waals surface area (Å²) in [7, 11) is 0. The number of furan rings is 1. The quantitative estimate of drug-likeness (QED) is 0.160. The second-order valence-electron chi connectivity index (χ2n) is 17.6. The first-order valence-electron chi connectivity index (χ1n) is 23.3. The van der Waals surface area contributed by atoms with E-state index in [0.717, 1.165) is 94.0 Å². The van der Waals surface area contributed by atoms with Crippen molar-refractivity contribution in [2.75, 3.05) is 0 Å². The summed E-state index contributed by atoms with van der Waals surface area (Å²) in [6.07, 6.45) is 0. The molecule has 69 heavy (non-hydrogen) atoms. The molecule has 6 heteroatoms. The zero-order valence-electron chi connectivity index (χ0n) is 37.2. The average molecular weight is 882 g/mol. The number of rotatable bonds is 7. The number of hydrogen-bond donors (Lipinski definition) is 0. The number of aromatic nitrogens is 5. The standard InChI is InChI=1S/C63H39N5O/c1-3-16-40(17-4-1)43-18-13-19-44(38-43)41-32-34-42(35-33-41)61-64-62(45-36-37-49-48-23-9-12-31-57(48)69-58(49)39-45)66-63(65-61)52-26-15-29-55-59(52)51-24-8-11-28-54(51)68(55)56-30-14-25-50-47-22-7-10-27-53(47)67(60(50)56)46-20-5-2-6-21-46/h1-39H. The summed E-state index contributed by atoms with van der Waals surface area (Å²) < 4.78 is 11.2. The SMILES string of the molecule is c1ccc(-c2cccc(-c3ccc(-c4nc(-c5ccc6c(c5)oc5ccccc56)nc(-c5cccc6c5c5ccccc5n6-c5cccc6c7ccccc7n(-c7ccccc7)c56)n4)cc3)c2)cc1. The van der Waals surface area contributed by atoms with Gasteiger partial charge >= 0.3 is 0 Å². The van der Waals surface area contributed by atoms with Gasteiger partial charge in [-0.25, -0.2) is 15.0 Å². The summed E-state index contributed by atoms with van der Waals surface area (Å²) in [5.74, 6) is 1.74. The second kappa shape index (κ2) is 15.6. The minimum absolute atomic E-state index is 0.565. The minimum atomic E-state index is 0.565. The van der Waals surface area contributed by atoms with Crippen LogP contribution in [0.2, 0.25) is 0 Å². The van der Waals surface area contributed by atoms with Crippen LogP contribution in [0.5, 0.6) is 0 Å². The van der Waals surface area contributed by atoms with E-state index in [-0.39, 0.29) is 0 Å². The van der Waals surface area contributed by atoms with Gasteiger partial charge in [0.2, 0.25) is 0 Å². The third-order valence-electron chi connectivity index (χ3n) is 13.6. The Morgan fingerprint density at radius 2 is 0.841 bits per heavy atom. The Bertz CT molecular complexity index is 4300. The molecule has 0 saturated carbocycles. The molecule has 0 saturated heterocycles. The van der Waals surface area contributed by atoms with E-state index in [1.54, 1.807) is 0 Å². The second-order valence-corrected chi connectivity index (χ2v) is 17.6. The van der Waals surface area contributed by atoms with Crippen molar-refractivity contribution in [3.63, 3.8) is 0 Å². The molecule has 322 valence electrons. The monoisotopic (exact) mass is 881 g/mol. The summed E-state index contributed by atoms with van der Waals surface area (Å²) in [6, 6.07) is 83.4. The molecule has 0 unspecified atom stereocenters. The molecule has 4 aromatic heterocycles. The van der Waals surface area contributed by atoms with E-state index in [1.807, 2.05) is 24.3 Å². The van der Waals surface area contributed by atoms with Gasteiger partial charge in [0, 0.05) is 54.7 Å². The largest absolute Gasteiger partial charge is 0.456 e. The first kappa shape index (κ1) is 38.8. The van der Waals surface area contributed by atoms with Gasteiger partial charge in [0.15, 0.2) is 17.5 Å². The van der Waals surface area contributed by atoms with Crippen molar-refractivity contribution in [3.05, 3.63) is 237 Å². The Balaban J connectivity index is 0.977. The van der Waals surface area contributed by atoms with Crippen molar-refractivity contribution < 1.29 is 4.42 Å². The summed E-state index contributed by atoms with van der Waals surface area (Å²) >= 11 is 0. The first-order chi connectivity index (χ1) is 34.2. The van der Waals surface area contributed by atoms with Crippen molar-refractivity contribution in [1.82, 2.24) is 24.1 Å². The molecule has 0 aliphatic carbocycles. The van der Waals surface area contributed by atoms with Crippen LogP contribution in [0.3, 0.4) is 0 Å². The van der Waals surface area contributed by atoms with Gasteiger partial charge in [-0.3, -0.25) is 0 Å². The van der Waals surface area contributed by atoms with Crippen LogP contribution < -0.4 is 0 Å². The summed E-state index contributed by atoms with van der Waals surface area (Å²) in [4.78, 5) is 16.0. The molecule has 0 bridgehead atoms. The van der Waals surface area contributed by atoms with E-state index >= 15 is 0 Å². The fourth-order valence-corrected chi connectivity index (χ4v) is 10.4. The van der Waals surface area contributed by atoms with Crippen LogP contribution >= 0.6 is 0 Å². The molecular weight excluding hydrogens is 843 g/mol. The van der Waals surface area contributed by atoms with Crippen molar-refractivity contribution in [2.45, 2.75) is 0 Å². The predicted octanol–water partition coefficient (Wildman–Crippen LogP) is 16.3. The molecule has 14 aromatic rings. The molecule has 6 nitrogen and oxygen atoms in total. The van der Waals surface area contributed by atoms with Crippen LogP contribution in [0.4, 0.5) is 0 Å². The van der Waals surface area contributed by atoms with E-state index < -0.39 is 0 Å². The van der Waals surface area contributed by atoms with Gasteiger partial charge < -0.3 is 13.6 Å². The lowest BCUT2D eigenvalue weighted by Gasteiger charge is -2.14. The maximum atomic E-state index is 6.40. The number of benzene rings is 10. The normalized spacial score (nSPS) is 11.8. The highest BCUT2D eigenvalue weighted by atomic mass is 16.3. The van der Waals surface area contributed by atoms with E-state index in [4.69, 9.17) is 19.4 Å². The molecular formula is C63H39N5O. The Morgan fingerprint density at radius 3 is 1.64 bits per heavy atom. The third kappa shape index (κ3) is 6.30. The van der Waals surface area contributed by atoms with E-state index in [9.17, 15) is 0 Å². The fraction of sp³-hybridized carbons (Fsp3) is 0. The molecule has 0 N–H and O–H groups in total. The van der Waals surface area contributed by atoms with Crippen molar-refractivity contribution in [3.8, 4) is 67.8 Å². The lowest BCUT2D eigenvalue weighted by Crippen LogP contribution is -2.01. The maximum Gasteiger partial charge on any atom is 0.164 e. The summed E-state index contributed by atoms with van der Waals surface area (Å²) in [5, 5.41) is 6.70. The zero-order valence-corrected chi connectivity index (χ0v) is 37.2. The van der Waals surface area contributed by atoms with E-state index in [1.165, 1.54) is 21.9 Å². The van der Waals surface area contributed by atoms with Crippen molar-refractivity contribution >= 4 is 65.6 Å². The number of nitrogens with zero attached hydrogens (tertiary/aromatic N) is 5. The highest BCUT2D eigenvalue weighted by Gasteiger charge is 2.23. The Morgan fingerprint density at radius 1 is 0.304 bits per heavy atom. The topological polar surface area (TPSA) is 61.7 Å². The molecule has 0 aliphatic heterocycles. The molecule has 0 atom stereocenters. The smallest absolute Gasteiger partial charge is 0.164 e. The molecule has 0 fully saturated rings. The Labute approximate surface area is 396 Å². The van der Waals surface area contributed by atoms with Gasteiger partial charge in [0.1, 0.15) is 11.2 Å². The van der Waals surface area contributed by atoms with E-state index in [2.05, 4.69) is 221 Å². The van der Waals surface area contributed by atoms with Gasteiger partial charge in [0.05, 0.1) is 27.8 Å². The van der Waals surface area contributed by atoms with E-state index in [0.29, 0.717) is 17.5 Å². The van der Waals surface area contributed by atoms with Crippen molar-refractivity contribution in [1.29, 1.82) is 0 Å². The Hall–Kier alpha value is -9.39. The summed E-state index contributed by atoms with van der Waals surface area (Å²) in [5.41, 5.74) is 15.5. The van der Waals surface area contributed by atoms with Gasteiger partial charge in [-0.1, -0.05) is 176 Å². The Kier molecular flexibility index (Phi) is 8.79. The first-order valence-corrected chi connectivity index (χ1v) is 23.3. The van der Waals surface area contributed by atoms with Crippen LogP contribution in [0.15, 0.2) is 241 Å². The van der Waals surface area contributed by atoms with Crippen LogP contribution in [0.25, 0.3) is 133 Å². The van der Waals surface area contributed by atoms with Gasteiger partial charge in [-0.2, -0.15) is 0 Å². The van der Waals surface area contributed by atoms with Crippen LogP contribution in [-0.2, 0) is 0 Å². The highest BCUT2D eigenvalue weighted by molar-refractivity contribution is 6.18. The van der Waals surface area contributed by atoms with Gasteiger partial charge in [0.25, 0.3) is 0 Å². The van der Waals surface area contributed by atoms with Crippen LogP contribution in [0, 0.1) is 0 Å². The molecule has 0 radical (unpaired) electrons. The lowest BCUT2D eigenvalue weighted by molar-refractivity contribution is 0.669. The molecule has 14 rings (SSSR count). The molecule has 0 aliphatic rings. The number of hydrogen-bond acceptors (Lipinski definition) is 4. The average Bonchev–Trinajstić information content (AvgIpc) is 4.09. The highest BCUT2D eigenvalue weighted by Crippen LogP contribution is 2.43. The minimum Gasteiger partial charge on any atom is -0.456 e. The van der Waals surface area contributed by atoms with Crippen LogP contribution in [-0.4, -0.2) is 24.1 Å². The molecule has 4 heterocycles. The van der Waals surface area contributed by atoms with Gasteiger partial charge in [-0.15, -0.1) is 0 Å². The molecule has 10 aromatic carbocycles. The van der Waals surface area contributed by atoms with Gasteiger partial charge in [-0.05, 0) is 82.9 Å². The zero-order chi connectivity index (χ0) is 45.4. The number of fused-ring (bicyclic) bond motifs is 9. The van der Waals surface area contributed by atoms with Crippen LogP contribution in [0.1, 0.15) is 0 Å². The fourth-order valence-electron chi connectivity index (χ4n) is 10.4. The maximum absolute atomic E-state index is 6.40. The predicted molar refractivity (Wildman–Crippen MR) is 283 cm³/mol. The lowest BCUT2D eigenvalue weighted by atomic mass is 9.98. The summed E-state index contributed by atoms with van der Waals surface area (Å²) in [6.45, 7) is 0. The van der Waals surface area contributed by atoms with Crippen molar-refractivity contribution in [2.24, 2.45) is 0 Å². The molecule has 0 spiro atoms. The molecule has 0 amide bonds. The third-order valence-corrected chi connectivity index (χ3v) is 13.6.